The highest BCUT2D eigenvalue weighted by molar-refractivity contribution is 14.0. The number of hydrogen-bond donors (Lipinski definition) is 2. The van der Waals surface area contributed by atoms with Gasteiger partial charge in [-0.2, -0.15) is 0 Å². The number of aliphatic imine (C=N–C) groups is 1. The lowest BCUT2D eigenvalue weighted by Gasteiger charge is -2.24. The van der Waals surface area contributed by atoms with Gasteiger partial charge in [0.2, 0.25) is 0 Å². The van der Waals surface area contributed by atoms with Crippen LogP contribution >= 0.6 is 24.0 Å². The van der Waals surface area contributed by atoms with Crippen LogP contribution < -0.4 is 10.6 Å². The summed E-state index contributed by atoms with van der Waals surface area (Å²) in [5, 5.41) is 6.51. The summed E-state index contributed by atoms with van der Waals surface area (Å²) in [5.74, 6) is 0.894. The predicted octanol–water partition coefficient (Wildman–Crippen LogP) is 3.47. The zero-order chi connectivity index (χ0) is 14.3. The number of nitrogens with zero attached hydrogens (tertiary/aromatic N) is 1. The van der Waals surface area contributed by atoms with Gasteiger partial charge in [-0.25, -0.2) is 0 Å². The summed E-state index contributed by atoms with van der Waals surface area (Å²) >= 11 is 0. The fourth-order valence-corrected chi connectivity index (χ4v) is 1.88. The quantitative estimate of drug-likeness (QED) is 0.460. The van der Waals surface area contributed by atoms with Crippen LogP contribution in [0.5, 0.6) is 0 Å². The van der Waals surface area contributed by atoms with Crippen molar-refractivity contribution in [3.8, 4) is 0 Å². The highest BCUT2D eigenvalue weighted by Gasteiger charge is 2.20. The van der Waals surface area contributed by atoms with Gasteiger partial charge in [0.1, 0.15) is 0 Å². The number of benzene rings is 1. The van der Waals surface area contributed by atoms with Crippen molar-refractivity contribution in [1.82, 2.24) is 10.6 Å². The van der Waals surface area contributed by atoms with E-state index in [4.69, 9.17) is 0 Å². The molecule has 0 radical (unpaired) electrons. The maximum absolute atomic E-state index is 4.67. The average molecular weight is 389 g/mol. The molecule has 0 bridgehead atoms. The Labute approximate surface area is 140 Å². The predicted molar refractivity (Wildman–Crippen MR) is 99.3 cm³/mol. The summed E-state index contributed by atoms with van der Waals surface area (Å²) < 4.78 is 0. The number of aryl methyl sites for hydroxylation is 1. The van der Waals surface area contributed by atoms with E-state index >= 15 is 0 Å². The van der Waals surface area contributed by atoms with Gasteiger partial charge in [0, 0.05) is 18.5 Å². The van der Waals surface area contributed by atoms with Crippen molar-refractivity contribution in [3.05, 3.63) is 35.4 Å². The zero-order valence-corrected chi connectivity index (χ0v) is 15.6. The topological polar surface area (TPSA) is 36.4 Å². The fourth-order valence-electron chi connectivity index (χ4n) is 1.88. The molecule has 1 rings (SSSR count). The molecule has 0 saturated carbocycles. The SMILES string of the molecule is CCNC(=NCC(C)(C)c1ccc(C)cc1)NCC.I. The van der Waals surface area contributed by atoms with E-state index in [2.05, 4.69) is 74.5 Å². The number of guanidine groups is 1. The molecule has 0 amide bonds. The Morgan fingerprint density at radius 2 is 1.55 bits per heavy atom. The molecule has 0 aliphatic heterocycles. The van der Waals surface area contributed by atoms with Crippen LogP contribution in [-0.2, 0) is 5.41 Å². The highest BCUT2D eigenvalue weighted by atomic mass is 127. The Balaban J connectivity index is 0.00000361. The largest absolute Gasteiger partial charge is 0.357 e. The average Bonchev–Trinajstić information content (AvgIpc) is 2.37. The third kappa shape index (κ3) is 6.11. The van der Waals surface area contributed by atoms with Crippen molar-refractivity contribution in [2.45, 2.75) is 40.0 Å². The molecule has 0 unspecified atom stereocenters. The zero-order valence-electron chi connectivity index (χ0n) is 13.3. The number of hydrogen-bond acceptors (Lipinski definition) is 1. The van der Waals surface area contributed by atoms with Crippen LogP contribution in [-0.4, -0.2) is 25.6 Å². The van der Waals surface area contributed by atoms with Gasteiger partial charge in [0.05, 0.1) is 6.54 Å². The van der Waals surface area contributed by atoms with Crippen LogP contribution in [0.4, 0.5) is 0 Å². The van der Waals surface area contributed by atoms with Gasteiger partial charge in [-0.3, -0.25) is 4.99 Å². The Kier molecular flexibility index (Phi) is 8.85. The second kappa shape index (κ2) is 9.21. The number of halogens is 1. The van der Waals surface area contributed by atoms with E-state index in [0.29, 0.717) is 0 Å². The molecular formula is C16H28IN3. The third-order valence-electron chi connectivity index (χ3n) is 3.15. The van der Waals surface area contributed by atoms with E-state index < -0.39 is 0 Å². The molecule has 0 saturated heterocycles. The molecule has 2 N–H and O–H groups in total. The molecule has 0 aliphatic rings. The first kappa shape index (κ1) is 19.2. The molecule has 0 heterocycles. The first-order valence-electron chi connectivity index (χ1n) is 7.09. The summed E-state index contributed by atoms with van der Waals surface area (Å²) in [6, 6.07) is 8.72. The third-order valence-corrected chi connectivity index (χ3v) is 3.15. The van der Waals surface area contributed by atoms with E-state index in [-0.39, 0.29) is 29.4 Å². The van der Waals surface area contributed by atoms with Crippen LogP contribution in [0.1, 0.15) is 38.8 Å². The van der Waals surface area contributed by atoms with E-state index in [9.17, 15) is 0 Å². The first-order chi connectivity index (χ1) is 8.99. The van der Waals surface area contributed by atoms with Crippen molar-refractivity contribution in [2.75, 3.05) is 19.6 Å². The molecule has 0 spiro atoms. The maximum atomic E-state index is 4.67. The van der Waals surface area contributed by atoms with Crippen LogP contribution in [0.3, 0.4) is 0 Å². The summed E-state index contributed by atoms with van der Waals surface area (Å²) in [6.07, 6.45) is 0. The number of nitrogens with one attached hydrogen (secondary N) is 2. The molecule has 0 fully saturated rings. The van der Waals surface area contributed by atoms with Crippen molar-refractivity contribution >= 4 is 29.9 Å². The Bertz CT molecular complexity index is 402. The molecule has 0 atom stereocenters. The normalized spacial score (nSPS) is 10.4. The summed E-state index contributed by atoms with van der Waals surface area (Å²) in [7, 11) is 0. The van der Waals surface area contributed by atoms with E-state index in [1.807, 2.05) is 0 Å². The Morgan fingerprint density at radius 3 is 2.00 bits per heavy atom. The summed E-state index contributed by atoms with van der Waals surface area (Å²) in [6.45, 7) is 13.3. The van der Waals surface area contributed by atoms with Crippen molar-refractivity contribution in [2.24, 2.45) is 4.99 Å². The van der Waals surface area contributed by atoms with Gasteiger partial charge < -0.3 is 10.6 Å². The van der Waals surface area contributed by atoms with Crippen molar-refractivity contribution in [1.29, 1.82) is 0 Å². The molecule has 4 heteroatoms. The summed E-state index contributed by atoms with van der Waals surface area (Å²) in [5.41, 5.74) is 2.67. The highest BCUT2D eigenvalue weighted by Crippen LogP contribution is 2.23. The lowest BCUT2D eigenvalue weighted by molar-refractivity contribution is 0.537. The van der Waals surface area contributed by atoms with E-state index in [1.165, 1.54) is 11.1 Å². The van der Waals surface area contributed by atoms with Crippen LogP contribution in [0.25, 0.3) is 0 Å². The monoisotopic (exact) mass is 389 g/mol. The minimum absolute atomic E-state index is 0. The van der Waals surface area contributed by atoms with Crippen LogP contribution in [0.15, 0.2) is 29.3 Å². The lowest BCUT2D eigenvalue weighted by atomic mass is 9.84. The van der Waals surface area contributed by atoms with Gasteiger partial charge in [-0.1, -0.05) is 43.7 Å². The minimum Gasteiger partial charge on any atom is -0.357 e. The summed E-state index contributed by atoms with van der Waals surface area (Å²) in [4.78, 5) is 4.67. The number of rotatable bonds is 5. The van der Waals surface area contributed by atoms with Gasteiger partial charge in [-0.05, 0) is 26.3 Å². The Hall–Kier alpha value is -0.780. The first-order valence-corrected chi connectivity index (χ1v) is 7.09. The molecule has 0 aromatic heterocycles. The van der Waals surface area contributed by atoms with Gasteiger partial charge >= 0.3 is 0 Å². The molecule has 114 valence electrons. The lowest BCUT2D eigenvalue weighted by Crippen LogP contribution is -2.38. The van der Waals surface area contributed by atoms with Gasteiger partial charge in [0.25, 0.3) is 0 Å². The van der Waals surface area contributed by atoms with E-state index in [0.717, 1.165) is 25.6 Å². The van der Waals surface area contributed by atoms with Crippen LogP contribution in [0.2, 0.25) is 0 Å². The second-order valence-corrected chi connectivity index (χ2v) is 5.48. The van der Waals surface area contributed by atoms with Gasteiger partial charge in [-0.15, -0.1) is 24.0 Å². The molecule has 0 aliphatic carbocycles. The molecule has 20 heavy (non-hydrogen) atoms. The smallest absolute Gasteiger partial charge is 0.191 e. The maximum Gasteiger partial charge on any atom is 0.191 e. The second-order valence-electron chi connectivity index (χ2n) is 5.48. The minimum atomic E-state index is 0. The molecule has 1 aromatic carbocycles. The Morgan fingerprint density at radius 1 is 1.05 bits per heavy atom. The van der Waals surface area contributed by atoms with Gasteiger partial charge in [0.15, 0.2) is 5.96 Å². The molecule has 1 aromatic rings. The van der Waals surface area contributed by atoms with Crippen LogP contribution in [0, 0.1) is 6.92 Å². The molecular weight excluding hydrogens is 361 g/mol. The molecule has 3 nitrogen and oxygen atoms in total. The van der Waals surface area contributed by atoms with E-state index in [1.54, 1.807) is 0 Å². The van der Waals surface area contributed by atoms with Crippen molar-refractivity contribution in [3.63, 3.8) is 0 Å². The standard InChI is InChI=1S/C16H27N3.HI/c1-6-17-15(18-7-2)19-12-16(4,5)14-10-8-13(3)9-11-14;/h8-11H,6-7,12H2,1-5H3,(H2,17,18,19);1H. The van der Waals surface area contributed by atoms with Crippen molar-refractivity contribution < 1.29 is 0 Å². The fraction of sp³-hybridized carbons (Fsp3) is 0.562.